The summed E-state index contributed by atoms with van der Waals surface area (Å²) in [5, 5.41) is 0. The van der Waals surface area contributed by atoms with Gasteiger partial charge in [-0.2, -0.15) is 0 Å². The predicted molar refractivity (Wildman–Crippen MR) is 68.6 cm³/mol. The summed E-state index contributed by atoms with van der Waals surface area (Å²) in [5.41, 5.74) is 6.66. The van der Waals surface area contributed by atoms with Crippen LogP contribution in [0.1, 0.15) is 12.5 Å². The first-order valence-electron chi connectivity index (χ1n) is 5.62. The van der Waals surface area contributed by atoms with E-state index in [9.17, 15) is 4.79 Å². The smallest absolute Gasteiger partial charge is 0.323 e. The third kappa shape index (κ3) is 2.76. The normalized spacial score (nSPS) is 14.4. The van der Waals surface area contributed by atoms with Crippen LogP contribution in [0.15, 0.2) is 16.6 Å². The quantitative estimate of drug-likeness (QED) is 0.855. The number of nitrogens with two attached hydrogens (primary N) is 1. The number of carbonyl (C=O) groups excluding carboxylic acids is 1. The molecule has 5 nitrogen and oxygen atoms in total. The summed E-state index contributed by atoms with van der Waals surface area (Å²) in [6, 6.07) is 3.02. The number of rotatable bonds is 4. The van der Waals surface area contributed by atoms with Crippen molar-refractivity contribution >= 4 is 21.9 Å². The number of halogens is 1. The molecule has 1 atom stereocenters. The highest BCUT2D eigenvalue weighted by molar-refractivity contribution is 9.10. The lowest BCUT2D eigenvalue weighted by atomic mass is 10.1. The minimum Gasteiger partial charge on any atom is -0.465 e. The van der Waals surface area contributed by atoms with E-state index in [4.69, 9.17) is 19.9 Å². The van der Waals surface area contributed by atoms with Crippen molar-refractivity contribution in [2.75, 3.05) is 13.4 Å². The zero-order valence-corrected chi connectivity index (χ0v) is 11.5. The van der Waals surface area contributed by atoms with Crippen molar-refractivity contribution in [2.24, 2.45) is 5.73 Å². The van der Waals surface area contributed by atoms with Gasteiger partial charge in [0.2, 0.25) is 6.79 Å². The van der Waals surface area contributed by atoms with Gasteiger partial charge >= 0.3 is 5.97 Å². The van der Waals surface area contributed by atoms with Gasteiger partial charge in [0.15, 0.2) is 11.5 Å². The Balaban J connectivity index is 2.10. The Labute approximate surface area is 113 Å². The molecule has 0 saturated carbocycles. The van der Waals surface area contributed by atoms with E-state index >= 15 is 0 Å². The van der Waals surface area contributed by atoms with Crippen LogP contribution in [-0.4, -0.2) is 25.4 Å². The van der Waals surface area contributed by atoms with Crippen LogP contribution in [0.4, 0.5) is 0 Å². The van der Waals surface area contributed by atoms with Gasteiger partial charge in [0.25, 0.3) is 0 Å². The van der Waals surface area contributed by atoms with Crippen molar-refractivity contribution < 1.29 is 19.0 Å². The van der Waals surface area contributed by atoms with E-state index in [0.29, 0.717) is 24.5 Å². The lowest BCUT2D eigenvalue weighted by Crippen LogP contribution is -2.34. The molecule has 0 fully saturated rings. The molecule has 0 amide bonds. The Morgan fingerprint density at radius 1 is 1.56 bits per heavy atom. The summed E-state index contributed by atoms with van der Waals surface area (Å²) in [5.74, 6) is 0.949. The highest BCUT2D eigenvalue weighted by atomic mass is 79.9. The molecule has 0 saturated heterocycles. The number of carbonyl (C=O) groups is 1. The maximum absolute atomic E-state index is 11.5. The fraction of sp³-hybridized carbons (Fsp3) is 0.417. The largest absolute Gasteiger partial charge is 0.465 e. The van der Waals surface area contributed by atoms with Crippen LogP contribution >= 0.6 is 15.9 Å². The molecule has 98 valence electrons. The summed E-state index contributed by atoms with van der Waals surface area (Å²) in [6.07, 6.45) is 0.397. The molecule has 0 aromatic heterocycles. The topological polar surface area (TPSA) is 70.8 Å². The molecule has 1 unspecified atom stereocenters. The molecule has 0 radical (unpaired) electrons. The van der Waals surface area contributed by atoms with Crippen molar-refractivity contribution in [3.63, 3.8) is 0 Å². The number of ether oxygens (including phenoxy) is 3. The van der Waals surface area contributed by atoms with Gasteiger partial charge in [-0.05, 0) is 47.0 Å². The predicted octanol–water partition coefficient (Wildman–Crippen LogP) is 1.61. The van der Waals surface area contributed by atoms with Crippen molar-refractivity contribution in [3.8, 4) is 11.5 Å². The fourth-order valence-electron chi connectivity index (χ4n) is 1.73. The first kappa shape index (κ1) is 13.2. The van der Waals surface area contributed by atoms with E-state index in [2.05, 4.69) is 15.9 Å². The number of benzene rings is 1. The van der Waals surface area contributed by atoms with Gasteiger partial charge in [-0.1, -0.05) is 0 Å². The zero-order valence-electron chi connectivity index (χ0n) is 9.94. The average Bonchev–Trinajstić information content (AvgIpc) is 2.77. The molecule has 6 heteroatoms. The van der Waals surface area contributed by atoms with Crippen molar-refractivity contribution in [1.29, 1.82) is 0 Å². The van der Waals surface area contributed by atoms with Crippen LogP contribution < -0.4 is 15.2 Å². The van der Waals surface area contributed by atoms with Crippen LogP contribution in [0.5, 0.6) is 11.5 Å². The molecular weight excluding hydrogens is 302 g/mol. The molecule has 0 spiro atoms. The lowest BCUT2D eigenvalue weighted by molar-refractivity contribution is -0.144. The molecule has 1 aromatic carbocycles. The summed E-state index contributed by atoms with van der Waals surface area (Å²) in [4.78, 5) is 11.5. The molecule has 1 aliphatic rings. The van der Waals surface area contributed by atoms with E-state index in [0.717, 1.165) is 10.0 Å². The molecule has 18 heavy (non-hydrogen) atoms. The third-order valence-electron chi connectivity index (χ3n) is 2.53. The van der Waals surface area contributed by atoms with Crippen molar-refractivity contribution in [3.05, 3.63) is 22.2 Å². The second-order valence-electron chi connectivity index (χ2n) is 3.87. The maximum Gasteiger partial charge on any atom is 0.323 e. The number of hydrogen-bond donors (Lipinski definition) is 1. The zero-order chi connectivity index (χ0) is 13.1. The van der Waals surface area contributed by atoms with Gasteiger partial charge in [-0.25, -0.2) is 0 Å². The van der Waals surface area contributed by atoms with Crippen LogP contribution in [0.25, 0.3) is 0 Å². The van der Waals surface area contributed by atoms with Crippen LogP contribution in [0.2, 0.25) is 0 Å². The summed E-state index contributed by atoms with van der Waals surface area (Å²) in [7, 11) is 0. The van der Waals surface area contributed by atoms with Crippen LogP contribution in [0, 0.1) is 0 Å². The Morgan fingerprint density at radius 2 is 2.33 bits per heavy atom. The second kappa shape index (κ2) is 5.58. The van der Waals surface area contributed by atoms with E-state index in [1.54, 1.807) is 6.92 Å². The molecule has 1 aliphatic heterocycles. The maximum atomic E-state index is 11.5. The SMILES string of the molecule is CCOC(=O)C(N)Cc1cc(Br)c2c(c1)OCO2. The first-order chi connectivity index (χ1) is 8.61. The van der Waals surface area contributed by atoms with E-state index in [-0.39, 0.29) is 6.79 Å². The van der Waals surface area contributed by atoms with Gasteiger partial charge < -0.3 is 19.9 Å². The average molecular weight is 316 g/mol. The standard InChI is InChI=1S/C12H14BrNO4/c1-2-16-12(15)9(14)4-7-3-8(13)11-10(5-7)17-6-18-11/h3,5,9H,2,4,6,14H2,1H3. The van der Waals surface area contributed by atoms with Gasteiger partial charge in [-0.3, -0.25) is 4.79 Å². The fourth-order valence-corrected chi connectivity index (χ4v) is 2.33. The highest BCUT2D eigenvalue weighted by Gasteiger charge is 2.21. The Hall–Kier alpha value is -1.27. The molecule has 0 aliphatic carbocycles. The number of esters is 1. The minimum atomic E-state index is -0.669. The van der Waals surface area contributed by atoms with Gasteiger partial charge in [0.1, 0.15) is 6.04 Å². The highest BCUT2D eigenvalue weighted by Crippen LogP contribution is 2.40. The van der Waals surface area contributed by atoms with Crippen molar-refractivity contribution in [1.82, 2.24) is 0 Å². The Morgan fingerprint density at radius 3 is 3.06 bits per heavy atom. The monoisotopic (exact) mass is 315 g/mol. The van der Waals surface area contributed by atoms with Crippen molar-refractivity contribution in [2.45, 2.75) is 19.4 Å². The summed E-state index contributed by atoms with van der Waals surface area (Å²) >= 11 is 3.39. The number of fused-ring (bicyclic) bond motifs is 1. The molecule has 1 heterocycles. The molecule has 0 bridgehead atoms. The molecular formula is C12H14BrNO4. The molecule has 2 N–H and O–H groups in total. The van der Waals surface area contributed by atoms with Crippen LogP contribution in [0.3, 0.4) is 0 Å². The van der Waals surface area contributed by atoms with E-state index < -0.39 is 12.0 Å². The number of hydrogen-bond acceptors (Lipinski definition) is 5. The summed E-state index contributed by atoms with van der Waals surface area (Å²) < 4.78 is 16.2. The van der Waals surface area contributed by atoms with E-state index in [1.807, 2.05) is 12.1 Å². The van der Waals surface area contributed by atoms with Gasteiger partial charge in [0, 0.05) is 0 Å². The first-order valence-corrected chi connectivity index (χ1v) is 6.41. The summed E-state index contributed by atoms with van der Waals surface area (Å²) in [6.45, 7) is 2.29. The molecule has 2 rings (SSSR count). The van der Waals surface area contributed by atoms with E-state index in [1.165, 1.54) is 0 Å². The van der Waals surface area contributed by atoms with Gasteiger partial charge in [-0.15, -0.1) is 0 Å². The van der Waals surface area contributed by atoms with Crippen LogP contribution in [-0.2, 0) is 16.0 Å². The minimum absolute atomic E-state index is 0.210. The second-order valence-corrected chi connectivity index (χ2v) is 4.73. The molecule has 1 aromatic rings. The Kier molecular flexibility index (Phi) is 4.08. The Bertz CT molecular complexity index is 464. The third-order valence-corrected chi connectivity index (χ3v) is 3.12. The van der Waals surface area contributed by atoms with Gasteiger partial charge in [0.05, 0.1) is 11.1 Å². The lowest BCUT2D eigenvalue weighted by Gasteiger charge is -2.11.